The van der Waals surface area contributed by atoms with E-state index in [9.17, 15) is 0 Å². The van der Waals surface area contributed by atoms with Crippen LogP contribution in [-0.2, 0) is 9.47 Å². The fraction of sp³-hybridized carbons (Fsp3) is 1.00. The molecule has 1 rings (SSSR count). The van der Waals surface area contributed by atoms with Crippen molar-refractivity contribution in [1.82, 2.24) is 0 Å². The van der Waals surface area contributed by atoms with Crippen LogP contribution in [-0.4, -0.2) is 26.0 Å². The van der Waals surface area contributed by atoms with Crippen molar-refractivity contribution in [3.8, 4) is 0 Å². The first-order chi connectivity index (χ1) is 4.93. The zero-order valence-corrected chi connectivity index (χ0v) is 5.56. The molecule has 1 saturated heterocycles. The third kappa shape index (κ3) is 2.23. The molecule has 0 radical (unpaired) electrons. The molecule has 0 saturated carbocycles. The molecular weight excluding hydrogens is 134 g/mol. The molecule has 56 valence electrons. The van der Waals surface area contributed by atoms with Gasteiger partial charge in [-0.15, -0.1) is 0 Å². The maximum absolute atomic E-state index is 7.92. The van der Waals surface area contributed by atoms with E-state index in [1.165, 1.54) is 0 Å². The summed E-state index contributed by atoms with van der Waals surface area (Å²) in [6.45, 7) is 1.75. The third-order valence-electron chi connectivity index (χ3n) is 1.22. The summed E-state index contributed by atoms with van der Waals surface area (Å²) in [5.41, 5.74) is 7.92. The largest absolute Gasteiger partial charge is 0.350 e. The number of azide groups is 1. The molecule has 1 aliphatic heterocycles. The normalized spacial score (nSPS) is 18.8. The van der Waals surface area contributed by atoms with E-state index in [0.29, 0.717) is 26.2 Å². The van der Waals surface area contributed by atoms with Crippen molar-refractivity contribution >= 4 is 0 Å². The van der Waals surface area contributed by atoms with Gasteiger partial charge in [-0.3, -0.25) is 0 Å². The van der Waals surface area contributed by atoms with Gasteiger partial charge in [-0.25, -0.2) is 0 Å². The van der Waals surface area contributed by atoms with Crippen LogP contribution in [0.2, 0.25) is 0 Å². The van der Waals surface area contributed by atoms with E-state index in [0.717, 1.165) is 0 Å². The quantitative estimate of drug-likeness (QED) is 0.336. The van der Waals surface area contributed by atoms with E-state index in [1.807, 2.05) is 0 Å². The van der Waals surface area contributed by atoms with Crippen molar-refractivity contribution in [2.45, 2.75) is 12.7 Å². The van der Waals surface area contributed by atoms with Crippen molar-refractivity contribution < 1.29 is 9.47 Å². The topological polar surface area (TPSA) is 67.2 Å². The second-order valence-corrected chi connectivity index (χ2v) is 1.91. The van der Waals surface area contributed by atoms with Gasteiger partial charge in [0.1, 0.15) is 0 Å². The highest BCUT2D eigenvalue weighted by atomic mass is 16.7. The molecule has 0 amide bonds. The minimum Gasteiger partial charge on any atom is -0.350 e. The summed E-state index contributed by atoms with van der Waals surface area (Å²) in [5, 5.41) is 3.36. The Bertz CT molecular complexity index is 138. The molecule has 0 aromatic heterocycles. The highest BCUT2D eigenvalue weighted by molar-refractivity contribution is 4.54. The molecule has 1 heterocycles. The van der Waals surface area contributed by atoms with Crippen LogP contribution in [0.5, 0.6) is 0 Å². The summed E-state index contributed by atoms with van der Waals surface area (Å²) in [5.74, 6) is 0. The lowest BCUT2D eigenvalue weighted by atomic mass is 10.4. The Labute approximate surface area is 58.6 Å². The Morgan fingerprint density at radius 2 is 2.20 bits per heavy atom. The summed E-state index contributed by atoms with van der Waals surface area (Å²) in [6, 6.07) is 0. The predicted molar refractivity (Wildman–Crippen MR) is 34.3 cm³/mol. The molecule has 5 heteroatoms. The van der Waals surface area contributed by atoms with E-state index in [1.54, 1.807) is 0 Å². The average Bonchev–Trinajstić information content (AvgIpc) is 2.41. The lowest BCUT2D eigenvalue weighted by Gasteiger charge is -2.04. The molecule has 0 aliphatic carbocycles. The van der Waals surface area contributed by atoms with E-state index < -0.39 is 0 Å². The number of ether oxygens (including phenoxy) is 2. The first kappa shape index (κ1) is 7.34. The molecule has 10 heavy (non-hydrogen) atoms. The lowest BCUT2D eigenvalue weighted by Crippen LogP contribution is -2.08. The van der Waals surface area contributed by atoms with Crippen LogP contribution in [0.3, 0.4) is 0 Å². The van der Waals surface area contributed by atoms with E-state index in [2.05, 4.69) is 10.0 Å². The standard InChI is InChI=1S/C5H9N3O2/c6-8-7-2-1-5-9-3-4-10-5/h5H,1-4H2. The second kappa shape index (κ2) is 4.11. The minimum atomic E-state index is -0.148. The van der Waals surface area contributed by atoms with E-state index in [4.69, 9.17) is 15.0 Å². The van der Waals surface area contributed by atoms with E-state index >= 15 is 0 Å². The highest BCUT2D eigenvalue weighted by Crippen LogP contribution is 2.07. The SMILES string of the molecule is [N-]=[N+]=NCCC1OCCO1. The molecule has 0 unspecified atom stereocenters. The zero-order valence-electron chi connectivity index (χ0n) is 5.56. The van der Waals surface area contributed by atoms with Crippen molar-refractivity contribution in [3.63, 3.8) is 0 Å². The van der Waals surface area contributed by atoms with Gasteiger partial charge in [0.15, 0.2) is 6.29 Å². The Hall–Kier alpha value is -0.770. The summed E-state index contributed by atoms with van der Waals surface area (Å²) in [4.78, 5) is 2.61. The third-order valence-corrected chi connectivity index (χ3v) is 1.22. The number of nitrogens with zero attached hydrogens (tertiary/aromatic N) is 3. The molecule has 0 aromatic carbocycles. The van der Waals surface area contributed by atoms with Gasteiger partial charge in [0.05, 0.1) is 13.2 Å². The maximum Gasteiger partial charge on any atom is 0.157 e. The van der Waals surface area contributed by atoms with Gasteiger partial charge in [-0.1, -0.05) is 5.11 Å². The molecule has 0 bridgehead atoms. The van der Waals surface area contributed by atoms with Gasteiger partial charge >= 0.3 is 0 Å². The Morgan fingerprint density at radius 3 is 2.80 bits per heavy atom. The maximum atomic E-state index is 7.92. The summed E-state index contributed by atoms with van der Waals surface area (Å²) < 4.78 is 10.2. The predicted octanol–water partition coefficient (Wildman–Crippen LogP) is 1.06. The Balaban J connectivity index is 2.06. The van der Waals surface area contributed by atoms with Crippen molar-refractivity contribution in [2.75, 3.05) is 19.8 Å². The molecule has 0 aromatic rings. The van der Waals surface area contributed by atoms with Crippen LogP contribution < -0.4 is 0 Å². The van der Waals surface area contributed by atoms with Crippen LogP contribution >= 0.6 is 0 Å². The molecule has 0 spiro atoms. The average molecular weight is 143 g/mol. The molecule has 0 N–H and O–H groups in total. The first-order valence-electron chi connectivity index (χ1n) is 3.17. The fourth-order valence-electron chi connectivity index (χ4n) is 0.782. The fourth-order valence-corrected chi connectivity index (χ4v) is 0.782. The van der Waals surface area contributed by atoms with Gasteiger partial charge in [-0.05, 0) is 5.53 Å². The van der Waals surface area contributed by atoms with Gasteiger partial charge in [-0.2, -0.15) is 0 Å². The second-order valence-electron chi connectivity index (χ2n) is 1.91. The summed E-state index contributed by atoms with van der Waals surface area (Å²) in [7, 11) is 0. The monoisotopic (exact) mass is 143 g/mol. The number of hydrogen-bond acceptors (Lipinski definition) is 3. The molecule has 1 fully saturated rings. The van der Waals surface area contributed by atoms with Crippen molar-refractivity contribution in [1.29, 1.82) is 0 Å². The summed E-state index contributed by atoms with van der Waals surface area (Å²) >= 11 is 0. The van der Waals surface area contributed by atoms with Gasteiger partial charge in [0.2, 0.25) is 0 Å². The van der Waals surface area contributed by atoms with E-state index in [-0.39, 0.29) is 6.29 Å². The van der Waals surface area contributed by atoms with Crippen LogP contribution in [0.4, 0.5) is 0 Å². The summed E-state index contributed by atoms with van der Waals surface area (Å²) in [6.07, 6.45) is 0.509. The highest BCUT2D eigenvalue weighted by Gasteiger charge is 2.13. The van der Waals surface area contributed by atoms with Gasteiger partial charge in [0.25, 0.3) is 0 Å². The minimum absolute atomic E-state index is 0.148. The number of rotatable bonds is 3. The molecule has 1 aliphatic rings. The first-order valence-corrected chi connectivity index (χ1v) is 3.17. The molecule has 5 nitrogen and oxygen atoms in total. The Morgan fingerprint density at radius 1 is 1.50 bits per heavy atom. The molecule has 0 atom stereocenters. The lowest BCUT2D eigenvalue weighted by molar-refractivity contribution is -0.0445. The van der Waals surface area contributed by atoms with Crippen LogP contribution in [0, 0.1) is 0 Å². The molecular formula is C5H9N3O2. The van der Waals surface area contributed by atoms with Crippen molar-refractivity contribution in [2.24, 2.45) is 5.11 Å². The van der Waals surface area contributed by atoms with Crippen LogP contribution in [0.15, 0.2) is 5.11 Å². The number of hydrogen-bond donors (Lipinski definition) is 0. The van der Waals surface area contributed by atoms with Crippen LogP contribution in [0.25, 0.3) is 10.4 Å². The van der Waals surface area contributed by atoms with Gasteiger partial charge < -0.3 is 9.47 Å². The van der Waals surface area contributed by atoms with Crippen molar-refractivity contribution in [3.05, 3.63) is 10.4 Å². The zero-order chi connectivity index (χ0) is 7.23. The Kier molecular flexibility index (Phi) is 3.02. The van der Waals surface area contributed by atoms with Gasteiger partial charge in [0, 0.05) is 17.9 Å². The van der Waals surface area contributed by atoms with Crippen LogP contribution in [0.1, 0.15) is 6.42 Å². The smallest absolute Gasteiger partial charge is 0.157 e.